The normalized spacial score (nSPS) is 11.0. The molecule has 1 aromatic heterocycles. The third-order valence-electron chi connectivity index (χ3n) is 2.24. The van der Waals surface area contributed by atoms with Crippen molar-refractivity contribution >= 4 is 11.1 Å². The minimum absolute atomic E-state index is 0.318. The average Bonchev–Trinajstić information content (AvgIpc) is 2.45. The Bertz CT molecular complexity index is 510. The summed E-state index contributed by atoms with van der Waals surface area (Å²) in [7, 11) is 3.59. The maximum atomic E-state index is 11.2. The Balaban J connectivity index is 2.63. The van der Waals surface area contributed by atoms with Gasteiger partial charge in [-0.15, -0.1) is 0 Å². The molecule has 0 saturated carbocycles. The van der Waals surface area contributed by atoms with E-state index in [9.17, 15) is 4.79 Å². The monoisotopic (exact) mass is 192 g/mol. The van der Waals surface area contributed by atoms with Gasteiger partial charge in [-0.3, -0.25) is 4.57 Å². The summed E-state index contributed by atoms with van der Waals surface area (Å²) in [6.07, 6.45) is 0. The van der Waals surface area contributed by atoms with E-state index in [4.69, 9.17) is 4.42 Å². The number of nitrogens with zero attached hydrogens (tertiary/aromatic N) is 1. The van der Waals surface area contributed by atoms with E-state index in [0.717, 1.165) is 17.6 Å². The van der Waals surface area contributed by atoms with Crippen molar-refractivity contribution in [3.8, 4) is 0 Å². The molecular formula is C10H12N2O2. The van der Waals surface area contributed by atoms with E-state index in [1.807, 2.05) is 25.2 Å². The van der Waals surface area contributed by atoms with Gasteiger partial charge in [0.15, 0.2) is 5.58 Å². The molecule has 0 aliphatic carbocycles. The van der Waals surface area contributed by atoms with Gasteiger partial charge >= 0.3 is 5.76 Å². The van der Waals surface area contributed by atoms with Crippen LogP contribution in [0.4, 0.5) is 0 Å². The van der Waals surface area contributed by atoms with Crippen molar-refractivity contribution in [2.75, 3.05) is 7.05 Å². The van der Waals surface area contributed by atoms with Gasteiger partial charge in [0.25, 0.3) is 0 Å². The second-order valence-electron chi connectivity index (χ2n) is 3.26. The van der Waals surface area contributed by atoms with Crippen molar-refractivity contribution in [2.45, 2.75) is 6.54 Å². The average molecular weight is 192 g/mol. The quantitative estimate of drug-likeness (QED) is 0.767. The van der Waals surface area contributed by atoms with Crippen LogP contribution in [-0.2, 0) is 13.6 Å². The van der Waals surface area contributed by atoms with Gasteiger partial charge in [-0.25, -0.2) is 4.79 Å². The number of aromatic nitrogens is 1. The van der Waals surface area contributed by atoms with E-state index in [0.29, 0.717) is 5.58 Å². The second-order valence-corrected chi connectivity index (χ2v) is 3.26. The summed E-state index contributed by atoms with van der Waals surface area (Å²) in [5, 5.41) is 3.06. The Kier molecular flexibility index (Phi) is 2.13. The Hall–Kier alpha value is -1.55. The molecule has 4 nitrogen and oxygen atoms in total. The number of oxazole rings is 1. The van der Waals surface area contributed by atoms with Crippen molar-refractivity contribution in [3.05, 3.63) is 34.3 Å². The van der Waals surface area contributed by atoms with Crippen LogP contribution < -0.4 is 11.1 Å². The highest BCUT2D eigenvalue weighted by Crippen LogP contribution is 2.13. The number of fused-ring (bicyclic) bond motifs is 1. The van der Waals surface area contributed by atoms with Crippen LogP contribution in [0.1, 0.15) is 5.56 Å². The number of nitrogens with one attached hydrogen (secondary N) is 1. The van der Waals surface area contributed by atoms with Gasteiger partial charge in [0.05, 0.1) is 5.52 Å². The number of hydrogen-bond acceptors (Lipinski definition) is 3. The molecule has 0 unspecified atom stereocenters. The number of benzene rings is 1. The minimum atomic E-state index is -0.318. The predicted molar refractivity (Wildman–Crippen MR) is 54.2 cm³/mol. The largest absolute Gasteiger partial charge is 0.419 e. The lowest BCUT2D eigenvalue weighted by molar-refractivity contribution is 0.528. The van der Waals surface area contributed by atoms with Crippen LogP contribution in [0, 0.1) is 0 Å². The topological polar surface area (TPSA) is 47.2 Å². The smallest absolute Gasteiger partial charge is 0.408 e. The highest BCUT2D eigenvalue weighted by Gasteiger charge is 2.05. The molecule has 0 aliphatic rings. The summed E-state index contributed by atoms with van der Waals surface area (Å²) in [5.74, 6) is -0.318. The van der Waals surface area contributed by atoms with E-state index in [2.05, 4.69) is 5.32 Å². The predicted octanol–water partition coefficient (Wildman–Crippen LogP) is 0.851. The molecule has 0 saturated heterocycles. The van der Waals surface area contributed by atoms with Crippen LogP contribution >= 0.6 is 0 Å². The molecule has 0 atom stereocenters. The number of hydrogen-bond donors (Lipinski definition) is 1. The zero-order chi connectivity index (χ0) is 10.1. The molecule has 14 heavy (non-hydrogen) atoms. The van der Waals surface area contributed by atoms with Gasteiger partial charge in [0.2, 0.25) is 0 Å². The van der Waals surface area contributed by atoms with Crippen molar-refractivity contribution < 1.29 is 4.42 Å². The van der Waals surface area contributed by atoms with E-state index in [1.165, 1.54) is 4.57 Å². The van der Waals surface area contributed by atoms with E-state index < -0.39 is 0 Å². The zero-order valence-corrected chi connectivity index (χ0v) is 8.20. The summed E-state index contributed by atoms with van der Waals surface area (Å²) in [4.78, 5) is 11.2. The molecule has 0 radical (unpaired) electrons. The standard InChI is InChI=1S/C10H12N2O2/c1-11-6-7-3-4-9-8(5-7)12(2)10(13)14-9/h3-5,11H,6H2,1-2H3. The molecule has 2 aromatic rings. The Labute approximate surface area is 81.1 Å². The number of aryl methyl sites for hydroxylation is 1. The van der Waals surface area contributed by atoms with Gasteiger partial charge in [-0.1, -0.05) is 6.07 Å². The van der Waals surface area contributed by atoms with Crippen molar-refractivity contribution in [1.29, 1.82) is 0 Å². The number of rotatable bonds is 2. The van der Waals surface area contributed by atoms with E-state index >= 15 is 0 Å². The minimum Gasteiger partial charge on any atom is -0.408 e. The van der Waals surface area contributed by atoms with Gasteiger partial charge in [0.1, 0.15) is 0 Å². The van der Waals surface area contributed by atoms with Crippen molar-refractivity contribution in [2.24, 2.45) is 7.05 Å². The third-order valence-corrected chi connectivity index (χ3v) is 2.24. The fraction of sp³-hybridized carbons (Fsp3) is 0.300. The molecule has 1 heterocycles. The first-order valence-corrected chi connectivity index (χ1v) is 4.45. The lowest BCUT2D eigenvalue weighted by Crippen LogP contribution is -2.09. The van der Waals surface area contributed by atoms with Crippen LogP contribution in [0.25, 0.3) is 11.1 Å². The SMILES string of the molecule is CNCc1ccc2oc(=O)n(C)c2c1. The van der Waals surface area contributed by atoms with E-state index in [-0.39, 0.29) is 5.76 Å². The maximum absolute atomic E-state index is 11.2. The van der Waals surface area contributed by atoms with Crippen molar-refractivity contribution in [1.82, 2.24) is 9.88 Å². The lowest BCUT2D eigenvalue weighted by atomic mass is 10.2. The summed E-state index contributed by atoms with van der Waals surface area (Å²) in [5.41, 5.74) is 2.61. The molecule has 0 bridgehead atoms. The van der Waals surface area contributed by atoms with Gasteiger partial charge in [-0.2, -0.15) is 0 Å². The van der Waals surface area contributed by atoms with Crippen LogP contribution in [0.2, 0.25) is 0 Å². The molecule has 1 N–H and O–H groups in total. The van der Waals surface area contributed by atoms with Crippen LogP contribution in [0.3, 0.4) is 0 Å². The molecule has 2 rings (SSSR count). The first kappa shape index (κ1) is 9.02. The van der Waals surface area contributed by atoms with Gasteiger partial charge in [0, 0.05) is 13.6 Å². The van der Waals surface area contributed by atoms with Crippen LogP contribution in [-0.4, -0.2) is 11.6 Å². The highest BCUT2D eigenvalue weighted by atomic mass is 16.4. The second kappa shape index (κ2) is 3.31. The first-order valence-electron chi connectivity index (χ1n) is 4.45. The Morgan fingerprint density at radius 1 is 1.50 bits per heavy atom. The molecular weight excluding hydrogens is 180 g/mol. The zero-order valence-electron chi connectivity index (χ0n) is 8.20. The Morgan fingerprint density at radius 3 is 3.00 bits per heavy atom. The van der Waals surface area contributed by atoms with Crippen LogP contribution in [0.15, 0.2) is 27.4 Å². The summed E-state index contributed by atoms with van der Waals surface area (Å²) < 4.78 is 6.53. The molecule has 4 heteroatoms. The molecule has 0 amide bonds. The molecule has 1 aromatic carbocycles. The molecule has 0 spiro atoms. The fourth-order valence-corrected chi connectivity index (χ4v) is 1.49. The molecule has 0 fully saturated rings. The molecule has 0 aliphatic heterocycles. The summed E-state index contributed by atoms with van der Waals surface area (Å²) in [6, 6.07) is 5.72. The van der Waals surface area contributed by atoms with Gasteiger partial charge < -0.3 is 9.73 Å². The first-order chi connectivity index (χ1) is 6.72. The van der Waals surface area contributed by atoms with Gasteiger partial charge in [-0.05, 0) is 24.7 Å². The van der Waals surface area contributed by atoms with Crippen LogP contribution in [0.5, 0.6) is 0 Å². The fourth-order valence-electron chi connectivity index (χ4n) is 1.49. The summed E-state index contributed by atoms with van der Waals surface area (Å²) >= 11 is 0. The van der Waals surface area contributed by atoms with E-state index in [1.54, 1.807) is 7.05 Å². The summed E-state index contributed by atoms with van der Waals surface area (Å²) in [6.45, 7) is 0.787. The Morgan fingerprint density at radius 2 is 2.29 bits per heavy atom. The highest BCUT2D eigenvalue weighted by molar-refractivity contribution is 5.73. The third kappa shape index (κ3) is 1.33. The maximum Gasteiger partial charge on any atom is 0.419 e. The lowest BCUT2D eigenvalue weighted by Gasteiger charge is -1.99. The van der Waals surface area contributed by atoms with Crippen molar-refractivity contribution in [3.63, 3.8) is 0 Å². The molecule has 74 valence electrons.